The van der Waals surface area contributed by atoms with Gasteiger partial charge in [0.1, 0.15) is 5.82 Å². The predicted octanol–water partition coefficient (Wildman–Crippen LogP) is 3.39. The van der Waals surface area contributed by atoms with Gasteiger partial charge in [-0.1, -0.05) is 13.0 Å². The van der Waals surface area contributed by atoms with E-state index in [1.165, 1.54) is 6.07 Å². The molecule has 0 aliphatic rings. The van der Waals surface area contributed by atoms with E-state index in [1.54, 1.807) is 6.07 Å². The highest BCUT2D eigenvalue weighted by Crippen LogP contribution is 2.22. The Kier molecular flexibility index (Phi) is 6.15. The molecule has 1 unspecified atom stereocenters. The summed E-state index contributed by atoms with van der Waals surface area (Å²) in [5.41, 5.74) is 2.26. The van der Waals surface area contributed by atoms with Crippen molar-refractivity contribution < 1.29 is 4.39 Å². The van der Waals surface area contributed by atoms with E-state index in [-0.39, 0.29) is 17.4 Å². The number of hydrogen-bond acceptors (Lipinski definition) is 2. The second-order valence-electron chi connectivity index (χ2n) is 6.33. The zero-order chi connectivity index (χ0) is 15.3. The molecule has 0 radical (unpaired) electrons. The molecule has 0 fully saturated rings. The van der Waals surface area contributed by atoms with Crippen LogP contribution in [-0.2, 0) is 6.42 Å². The minimum atomic E-state index is -0.150. The normalized spacial score (nSPS) is 13.8. The van der Waals surface area contributed by atoms with Gasteiger partial charge in [-0.2, -0.15) is 0 Å². The van der Waals surface area contributed by atoms with Crippen LogP contribution in [0.5, 0.6) is 0 Å². The van der Waals surface area contributed by atoms with Crippen LogP contribution in [0.25, 0.3) is 0 Å². The SMILES string of the molecule is CCCNC(Cc1cc(F)ccc1C)C(C)(C)N(C)C. The maximum Gasteiger partial charge on any atom is 0.123 e. The highest BCUT2D eigenvalue weighted by Gasteiger charge is 2.31. The van der Waals surface area contributed by atoms with E-state index in [0.29, 0.717) is 0 Å². The molecule has 0 amide bonds. The van der Waals surface area contributed by atoms with Gasteiger partial charge in [0.25, 0.3) is 0 Å². The molecule has 1 rings (SSSR count). The van der Waals surface area contributed by atoms with E-state index in [0.717, 1.165) is 30.5 Å². The Hall–Kier alpha value is -0.930. The van der Waals surface area contributed by atoms with Crippen molar-refractivity contribution in [2.45, 2.75) is 52.1 Å². The maximum absolute atomic E-state index is 13.5. The predicted molar refractivity (Wildman–Crippen MR) is 84.7 cm³/mol. The highest BCUT2D eigenvalue weighted by atomic mass is 19.1. The summed E-state index contributed by atoms with van der Waals surface area (Å²) >= 11 is 0. The molecule has 2 nitrogen and oxygen atoms in total. The standard InChI is InChI=1S/C17H29FN2/c1-7-10-19-16(17(3,4)20(5)6)12-14-11-15(18)9-8-13(14)2/h8-9,11,16,19H,7,10,12H2,1-6H3. The number of benzene rings is 1. The smallest absolute Gasteiger partial charge is 0.123 e. The number of nitrogens with one attached hydrogen (secondary N) is 1. The number of nitrogens with zero attached hydrogens (tertiary/aromatic N) is 1. The van der Waals surface area contributed by atoms with Crippen molar-refractivity contribution in [3.05, 3.63) is 35.1 Å². The molecule has 0 saturated carbocycles. The molecule has 0 saturated heterocycles. The Morgan fingerprint density at radius 2 is 1.95 bits per heavy atom. The fourth-order valence-corrected chi connectivity index (χ4v) is 2.28. The third-order valence-electron chi connectivity index (χ3n) is 4.38. The van der Waals surface area contributed by atoms with E-state index in [2.05, 4.69) is 45.1 Å². The maximum atomic E-state index is 13.5. The van der Waals surface area contributed by atoms with Crippen molar-refractivity contribution in [1.82, 2.24) is 10.2 Å². The summed E-state index contributed by atoms with van der Waals surface area (Å²) in [6.45, 7) is 9.66. The van der Waals surface area contributed by atoms with Gasteiger partial charge in [0, 0.05) is 11.6 Å². The fraction of sp³-hybridized carbons (Fsp3) is 0.647. The van der Waals surface area contributed by atoms with Crippen LogP contribution in [0.2, 0.25) is 0 Å². The Morgan fingerprint density at radius 3 is 2.50 bits per heavy atom. The van der Waals surface area contributed by atoms with Crippen molar-refractivity contribution in [2.24, 2.45) is 0 Å². The number of hydrogen-bond donors (Lipinski definition) is 1. The van der Waals surface area contributed by atoms with Gasteiger partial charge in [0.2, 0.25) is 0 Å². The van der Waals surface area contributed by atoms with Gasteiger partial charge < -0.3 is 10.2 Å². The minimum Gasteiger partial charge on any atom is -0.312 e. The van der Waals surface area contributed by atoms with Crippen LogP contribution in [0.3, 0.4) is 0 Å². The van der Waals surface area contributed by atoms with Crippen LogP contribution in [0.4, 0.5) is 4.39 Å². The first-order valence-electron chi connectivity index (χ1n) is 7.44. The molecule has 0 bridgehead atoms. The first-order chi connectivity index (χ1) is 9.28. The van der Waals surface area contributed by atoms with E-state index >= 15 is 0 Å². The molecule has 0 aliphatic carbocycles. The summed E-state index contributed by atoms with van der Waals surface area (Å²) in [4.78, 5) is 2.23. The summed E-state index contributed by atoms with van der Waals surface area (Å²) in [6.07, 6.45) is 1.94. The first kappa shape index (κ1) is 17.1. The quantitative estimate of drug-likeness (QED) is 0.823. The molecule has 0 aliphatic heterocycles. The number of likely N-dealkylation sites (N-methyl/N-ethyl adjacent to an activating group) is 1. The first-order valence-corrected chi connectivity index (χ1v) is 7.44. The average molecular weight is 280 g/mol. The fourth-order valence-electron chi connectivity index (χ4n) is 2.28. The van der Waals surface area contributed by atoms with Gasteiger partial charge in [-0.3, -0.25) is 0 Å². The van der Waals surface area contributed by atoms with Gasteiger partial charge in [-0.15, -0.1) is 0 Å². The summed E-state index contributed by atoms with van der Waals surface area (Å²) in [6, 6.07) is 5.36. The second-order valence-corrected chi connectivity index (χ2v) is 6.33. The molecule has 1 aromatic carbocycles. The second kappa shape index (κ2) is 7.19. The Morgan fingerprint density at radius 1 is 1.30 bits per heavy atom. The van der Waals surface area contributed by atoms with Crippen molar-refractivity contribution in [2.75, 3.05) is 20.6 Å². The molecule has 0 spiro atoms. The van der Waals surface area contributed by atoms with Gasteiger partial charge in [-0.25, -0.2) is 4.39 Å². The molecule has 1 N–H and O–H groups in total. The van der Waals surface area contributed by atoms with Crippen LogP contribution < -0.4 is 5.32 Å². The van der Waals surface area contributed by atoms with Crippen LogP contribution in [-0.4, -0.2) is 37.1 Å². The molecule has 114 valence electrons. The summed E-state index contributed by atoms with van der Waals surface area (Å²) in [5, 5.41) is 3.62. The largest absolute Gasteiger partial charge is 0.312 e. The number of rotatable bonds is 7. The molecule has 1 aromatic rings. The summed E-state index contributed by atoms with van der Waals surface area (Å²) < 4.78 is 13.5. The van der Waals surface area contributed by atoms with Gasteiger partial charge in [0.15, 0.2) is 0 Å². The van der Waals surface area contributed by atoms with Crippen molar-refractivity contribution in [3.63, 3.8) is 0 Å². The Labute approximate surface area is 123 Å². The molecule has 0 heterocycles. The molecular weight excluding hydrogens is 251 g/mol. The number of aryl methyl sites for hydroxylation is 1. The van der Waals surface area contributed by atoms with Crippen molar-refractivity contribution >= 4 is 0 Å². The molecular formula is C17H29FN2. The van der Waals surface area contributed by atoms with Crippen LogP contribution in [0.15, 0.2) is 18.2 Å². The average Bonchev–Trinajstić information content (AvgIpc) is 2.38. The van der Waals surface area contributed by atoms with Gasteiger partial charge >= 0.3 is 0 Å². The van der Waals surface area contributed by atoms with E-state index < -0.39 is 0 Å². The molecule has 20 heavy (non-hydrogen) atoms. The lowest BCUT2D eigenvalue weighted by molar-refractivity contribution is 0.137. The number of halogens is 1. The van der Waals surface area contributed by atoms with Crippen LogP contribution in [0.1, 0.15) is 38.3 Å². The van der Waals surface area contributed by atoms with Crippen LogP contribution >= 0.6 is 0 Å². The van der Waals surface area contributed by atoms with Gasteiger partial charge in [0.05, 0.1) is 0 Å². The minimum absolute atomic E-state index is 0.00786. The summed E-state index contributed by atoms with van der Waals surface area (Å²) in [5.74, 6) is -0.150. The Bertz CT molecular complexity index is 427. The molecule has 1 atom stereocenters. The lowest BCUT2D eigenvalue weighted by atomic mass is 9.87. The zero-order valence-corrected chi connectivity index (χ0v) is 13.8. The van der Waals surface area contributed by atoms with Crippen molar-refractivity contribution in [3.8, 4) is 0 Å². The van der Waals surface area contributed by atoms with E-state index in [1.807, 2.05) is 13.0 Å². The van der Waals surface area contributed by atoms with Gasteiger partial charge in [-0.05, 0) is 77.5 Å². The molecule has 3 heteroatoms. The molecule has 0 aromatic heterocycles. The summed E-state index contributed by atoms with van der Waals surface area (Å²) in [7, 11) is 4.19. The van der Waals surface area contributed by atoms with Crippen molar-refractivity contribution in [1.29, 1.82) is 0 Å². The van der Waals surface area contributed by atoms with Crippen LogP contribution in [0, 0.1) is 12.7 Å². The van der Waals surface area contributed by atoms with E-state index in [4.69, 9.17) is 0 Å². The lowest BCUT2D eigenvalue weighted by Crippen LogP contribution is -2.56. The highest BCUT2D eigenvalue weighted by molar-refractivity contribution is 5.28. The Balaban J connectivity index is 2.97. The van der Waals surface area contributed by atoms with E-state index in [9.17, 15) is 4.39 Å². The third kappa shape index (κ3) is 4.29. The lowest BCUT2D eigenvalue weighted by Gasteiger charge is -2.41. The third-order valence-corrected chi connectivity index (χ3v) is 4.38. The monoisotopic (exact) mass is 280 g/mol. The topological polar surface area (TPSA) is 15.3 Å². The zero-order valence-electron chi connectivity index (χ0n) is 13.8.